The van der Waals surface area contributed by atoms with Gasteiger partial charge in [0.1, 0.15) is 6.61 Å². The van der Waals surface area contributed by atoms with Gasteiger partial charge in [-0.05, 0) is 17.7 Å². The van der Waals surface area contributed by atoms with Crippen LogP contribution in [-0.2, 0) is 25.5 Å². The summed E-state index contributed by atoms with van der Waals surface area (Å²) >= 11 is 0. The summed E-state index contributed by atoms with van der Waals surface area (Å²) in [6.07, 6.45) is -0.687. The van der Waals surface area contributed by atoms with Crippen molar-refractivity contribution in [2.24, 2.45) is 5.92 Å². The lowest BCUT2D eigenvalue weighted by molar-refractivity contribution is -0.147. The summed E-state index contributed by atoms with van der Waals surface area (Å²) in [4.78, 5) is 36.8. The molecule has 1 saturated heterocycles. The lowest BCUT2D eigenvalue weighted by Gasteiger charge is -2.10. The Morgan fingerprint density at radius 3 is 2.35 bits per heavy atom. The van der Waals surface area contributed by atoms with Gasteiger partial charge in [-0.25, -0.2) is 0 Å². The summed E-state index contributed by atoms with van der Waals surface area (Å²) in [5.74, 6) is -2.57. The van der Waals surface area contributed by atoms with Crippen molar-refractivity contribution in [2.45, 2.75) is 12.5 Å². The number of esters is 1. The molecule has 0 aromatic heterocycles. The van der Waals surface area contributed by atoms with Gasteiger partial charge in [-0.2, -0.15) is 0 Å². The molecule has 6 nitrogen and oxygen atoms in total. The fraction of sp³-hybridized carbons (Fsp3) is 0.250. The molecule has 0 saturated carbocycles. The third-order valence-corrected chi connectivity index (χ3v) is 4.12. The molecular weight excluding hydrogens is 336 g/mol. The maximum atomic E-state index is 12.4. The molecule has 0 aliphatic carbocycles. The minimum absolute atomic E-state index is 0.253. The topological polar surface area (TPSA) is 78.9 Å². The molecule has 1 fully saturated rings. The molecular formula is C20H18O6. The number of methoxy groups -OCH3 is 1. The molecule has 1 heterocycles. The van der Waals surface area contributed by atoms with Crippen molar-refractivity contribution in [2.75, 3.05) is 13.7 Å². The van der Waals surface area contributed by atoms with Gasteiger partial charge >= 0.3 is 5.97 Å². The van der Waals surface area contributed by atoms with Gasteiger partial charge < -0.3 is 14.2 Å². The zero-order valence-corrected chi connectivity index (χ0v) is 14.2. The molecule has 0 N–H and O–H groups in total. The molecule has 0 spiro atoms. The smallest absolute Gasteiger partial charge is 0.325 e. The van der Waals surface area contributed by atoms with E-state index in [2.05, 4.69) is 0 Å². The van der Waals surface area contributed by atoms with Crippen LogP contribution >= 0.6 is 0 Å². The maximum Gasteiger partial charge on any atom is 0.325 e. The summed E-state index contributed by atoms with van der Waals surface area (Å²) in [5, 5.41) is 0. The van der Waals surface area contributed by atoms with Crippen LogP contribution in [0.25, 0.3) is 0 Å². The number of rotatable bonds is 7. The predicted octanol–water partition coefficient (Wildman–Crippen LogP) is 2.00. The van der Waals surface area contributed by atoms with Crippen molar-refractivity contribution in [3.8, 4) is 11.5 Å². The Bertz CT molecular complexity index is 814. The minimum atomic E-state index is -1.43. The highest BCUT2D eigenvalue weighted by molar-refractivity contribution is 6.22. The Morgan fingerprint density at radius 2 is 1.65 bits per heavy atom. The van der Waals surface area contributed by atoms with Crippen LogP contribution in [0.4, 0.5) is 0 Å². The van der Waals surface area contributed by atoms with Crippen LogP contribution in [0.2, 0.25) is 0 Å². The van der Waals surface area contributed by atoms with Crippen molar-refractivity contribution in [1.82, 2.24) is 0 Å². The quantitative estimate of drug-likeness (QED) is 0.559. The number of ether oxygens (including phenoxy) is 3. The molecule has 1 aliphatic heterocycles. The van der Waals surface area contributed by atoms with Crippen molar-refractivity contribution in [3.05, 3.63) is 60.2 Å². The summed E-state index contributed by atoms with van der Waals surface area (Å²) in [7, 11) is 1.48. The van der Waals surface area contributed by atoms with Gasteiger partial charge in [0, 0.05) is 6.42 Å². The normalized spacial score (nSPS) is 19.1. The Kier molecular flexibility index (Phi) is 5.31. The van der Waals surface area contributed by atoms with E-state index in [1.807, 2.05) is 30.3 Å². The Labute approximate surface area is 150 Å². The SMILES string of the molecule is COc1ccccc1OCC(=O)C1C(=O)OC(Cc2ccccc2)C1=O. The number of hydrogen-bond donors (Lipinski definition) is 0. The number of hydrogen-bond acceptors (Lipinski definition) is 6. The van der Waals surface area contributed by atoms with Gasteiger partial charge in [0.15, 0.2) is 35.1 Å². The highest BCUT2D eigenvalue weighted by Crippen LogP contribution is 2.27. The summed E-state index contributed by atoms with van der Waals surface area (Å²) < 4.78 is 15.7. The number of benzene rings is 2. The highest BCUT2D eigenvalue weighted by Gasteiger charge is 2.47. The van der Waals surface area contributed by atoms with E-state index in [-0.39, 0.29) is 6.42 Å². The molecule has 2 aromatic rings. The van der Waals surface area contributed by atoms with Crippen LogP contribution in [0.15, 0.2) is 54.6 Å². The first-order chi connectivity index (χ1) is 12.6. The zero-order chi connectivity index (χ0) is 18.5. The molecule has 3 rings (SSSR count). The van der Waals surface area contributed by atoms with Crippen molar-refractivity contribution in [1.29, 1.82) is 0 Å². The standard InChI is InChI=1S/C20H18O6/c1-24-15-9-5-6-10-16(15)25-12-14(21)18-19(22)17(26-20(18)23)11-13-7-3-2-4-8-13/h2-10,17-18H,11-12H2,1H3. The predicted molar refractivity (Wildman–Crippen MR) is 92.0 cm³/mol. The first-order valence-corrected chi connectivity index (χ1v) is 8.17. The van der Waals surface area contributed by atoms with Crippen LogP contribution < -0.4 is 9.47 Å². The van der Waals surface area contributed by atoms with E-state index in [0.717, 1.165) is 5.56 Å². The third-order valence-electron chi connectivity index (χ3n) is 4.12. The second kappa shape index (κ2) is 7.82. The fourth-order valence-electron chi connectivity index (χ4n) is 2.80. The molecule has 0 bridgehead atoms. The lowest BCUT2D eigenvalue weighted by Crippen LogP contribution is -2.32. The number of Topliss-reactive ketones (excluding diaryl/α,β-unsaturated/α-hetero) is 2. The Morgan fingerprint density at radius 1 is 1.00 bits per heavy atom. The molecule has 2 atom stereocenters. The van der Waals surface area contributed by atoms with Crippen molar-refractivity contribution in [3.63, 3.8) is 0 Å². The van der Waals surface area contributed by atoms with Gasteiger partial charge in [0.25, 0.3) is 0 Å². The largest absolute Gasteiger partial charge is 0.493 e. The molecule has 134 valence electrons. The molecule has 2 aromatic carbocycles. The van der Waals surface area contributed by atoms with Crippen LogP contribution in [0.1, 0.15) is 5.56 Å². The van der Waals surface area contributed by atoms with Crippen LogP contribution in [-0.4, -0.2) is 37.4 Å². The second-order valence-corrected chi connectivity index (χ2v) is 5.86. The van der Waals surface area contributed by atoms with Crippen LogP contribution in [0.5, 0.6) is 11.5 Å². The molecule has 6 heteroatoms. The van der Waals surface area contributed by atoms with Crippen molar-refractivity contribution < 1.29 is 28.6 Å². The Hall–Kier alpha value is -3.15. The first kappa shape index (κ1) is 17.7. The van der Waals surface area contributed by atoms with E-state index in [1.54, 1.807) is 24.3 Å². The molecule has 1 aliphatic rings. The molecule has 0 amide bonds. The number of carbonyl (C=O) groups is 3. The maximum absolute atomic E-state index is 12.4. The summed E-state index contributed by atoms with van der Waals surface area (Å²) in [6.45, 7) is -0.413. The van der Waals surface area contributed by atoms with Crippen LogP contribution in [0, 0.1) is 5.92 Å². The molecule has 0 radical (unpaired) electrons. The highest BCUT2D eigenvalue weighted by atomic mass is 16.6. The number of ketones is 2. The van der Waals surface area contributed by atoms with E-state index < -0.39 is 36.2 Å². The number of para-hydroxylation sites is 2. The van der Waals surface area contributed by atoms with E-state index in [4.69, 9.17) is 14.2 Å². The van der Waals surface area contributed by atoms with E-state index in [0.29, 0.717) is 11.5 Å². The van der Waals surface area contributed by atoms with Gasteiger partial charge in [0.2, 0.25) is 0 Å². The number of cyclic esters (lactones) is 1. The monoisotopic (exact) mass is 354 g/mol. The lowest BCUT2D eigenvalue weighted by atomic mass is 9.95. The second-order valence-electron chi connectivity index (χ2n) is 5.86. The van der Waals surface area contributed by atoms with Crippen LogP contribution in [0.3, 0.4) is 0 Å². The van der Waals surface area contributed by atoms with Gasteiger partial charge in [-0.15, -0.1) is 0 Å². The zero-order valence-electron chi connectivity index (χ0n) is 14.2. The third kappa shape index (κ3) is 3.74. The van der Waals surface area contributed by atoms with E-state index in [1.165, 1.54) is 7.11 Å². The molecule has 2 unspecified atom stereocenters. The van der Waals surface area contributed by atoms with Gasteiger partial charge in [-0.3, -0.25) is 14.4 Å². The number of carbonyl (C=O) groups excluding carboxylic acids is 3. The fourth-order valence-corrected chi connectivity index (χ4v) is 2.80. The van der Waals surface area contributed by atoms with E-state index >= 15 is 0 Å². The first-order valence-electron chi connectivity index (χ1n) is 8.17. The minimum Gasteiger partial charge on any atom is -0.493 e. The van der Waals surface area contributed by atoms with Gasteiger partial charge in [0.05, 0.1) is 7.11 Å². The van der Waals surface area contributed by atoms with E-state index in [9.17, 15) is 14.4 Å². The average Bonchev–Trinajstić information content (AvgIpc) is 2.94. The average molecular weight is 354 g/mol. The Balaban J connectivity index is 1.64. The van der Waals surface area contributed by atoms with Gasteiger partial charge in [-0.1, -0.05) is 42.5 Å². The summed E-state index contributed by atoms with van der Waals surface area (Å²) in [6, 6.07) is 16.0. The van der Waals surface area contributed by atoms with Crippen molar-refractivity contribution >= 4 is 17.5 Å². The molecule has 26 heavy (non-hydrogen) atoms. The summed E-state index contributed by atoms with van der Waals surface area (Å²) in [5.41, 5.74) is 0.858.